The van der Waals surface area contributed by atoms with Crippen LogP contribution in [0.25, 0.3) is 0 Å². The predicted octanol–water partition coefficient (Wildman–Crippen LogP) is 2.65. The van der Waals surface area contributed by atoms with Crippen LogP contribution in [0.4, 0.5) is 0 Å². The summed E-state index contributed by atoms with van der Waals surface area (Å²) in [7, 11) is 1.53. The summed E-state index contributed by atoms with van der Waals surface area (Å²) in [6.07, 6.45) is 3.19. The Hall–Kier alpha value is -3.42. The molecule has 0 radical (unpaired) electrons. The molecule has 0 saturated carbocycles. The number of methoxy groups -OCH3 is 1. The molecule has 1 amide bonds. The van der Waals surface area contributed by atoms with Crippen LogP contribution in [0.3, 0.4) is 0 Å². The summed E-state index contributed by atoms with van der Waals surface area (Å²) >= 11 is 0. The van der Waals surface area contributed by atoms with Crippen molar-refractivity contribution >= 4 is 11.7 Å². The number of hydrogen-bond acceptors (Lipinski definition) is 5. The number of amides is 1. The van der Waals surface area contributed by atoms with Crippen LogP contribution in [-0.2, 0) is 22.5 Å². The zero-order valence-electron chi connectivity index (χ0n) is 19.3. The predicted molar refractivity (Wildman–Crippen MR) is 133 cm³/mol. The number of nitrogens with zero attached hydrogens (tertiary/aromatic N) is 1. The molecule has 2 rings (SSSR count). The Balaban J connectivity index is 1.98. The third-order valence-corrected chi connectivity index (χ3v) is 5.18. The van der Waals surface area contributed by atoms with E-state index in [-0.39, 0.29) is 30.0 Å². The fraction of sp³-hybridized carbons (Fsp3) is 0.308. The van der Waals surface area contributed by atoms with E-state index in [9.17, 15) is 9.90 Å². The quantitative estimate of drug-likeness (QED) is 0.213. The van der Waals surface area contributed by atoms with E-state index >= 15 is 0 Å². The Kier molecular flexibility index (Phi) is 10.9. The Morgan fingerprint density at radius 1 is 1.15 bits per heavy atom. The van der Waals surface area contributed by atoms with E-state index in [0.717, 1.165) is 12.0 Å². The second-order valence-corrected chi connectivity index (χ2v) is 7.57. The number of aliphatic hydroxyl groups is 1. The molecule has 0 aliphatic heterocycles. The third-order valence-electron chi connectivity index (χ3n) is 5.18. The zero-order chi connectivity index (χ0) is 24.1. The van der Waals surface area contributed by atoms with E-state index in [2.05, 4.69) is 46.5 Å². The van der Waals surface area contributed by atoms with Gasteiger partial charge in [0.15, 0.2) is 0 Å². The number of hydrogen-bond donors (Lipinski definition) is 4. The first-order chi connectivity index (χ1) is 16.0. The zero-order valence-corrected chi connectivity index (χ0v) is 19.3. The van der Waals surface area contributed by atoms with Crippen LogP contribution in [-0.4, -0.2) is 42.7 Å². The van der Waals surface area contributed by atoms with Crippen molar-refractivity contribution in [2.24, 2.45) is 10.7 Å². The van der Waals surface area contributed by atoms with Crippen LogP contribution < -0.4 is 16.4 Å². The second-order valence-electron chi connectivity index (χ2n) is 7.57. The summed E-state index contributed by atoms with van der Waals surface area (Å²) in [4.78, 5) is 16.9. The molecular weight excluding hydrogens is 416 g/mol. The number of rotatable bonds is 13. The number of aliphatic hydroxyl groups excluding tert-OH is 1. The minimum absolute atomic E-state index is 0.0186. The van der Waals surface area contributed by atoms with E-state index < -0.39 is 6.10 Å². The summed E-state index contributed by atoms with van der Waals surface area (Å²) in [6.45, 7) is 5.85. The molecular formula is C26H34N4O3. The van der Waals surface area contributed by atoms with Crippen LogP contribution in [0.1, 0.15) is 30.0 Å². The summed E-state index contributed by atoms with van der Waals surface area (Å²) in [6, 6.07) is 18.4. The smallest absolute Gasteiger partial charge is 0.256 e. The molecule has 0 aliphatic rings. The van der Waals surface area contributed by atoms with Gasteiger partial charge in [0.1, 0.15) is 5.84 Å². The van der Waals surface area contributed by atoms with Gasteiger partial charge in [-0.1, -0.05) is 68.1 Å². The number of amidine groups is 1. The van der Waals surface area contributed by atoms with Crippen molar-refractivity contribution in [1.82, 2.24) is 10.6 Å². The van der Waals surface area contributed by atoms with E-state index in [1.165, 1.54) is 30.6 Å². The van der Waals surface area contributed by atoms with Crippen molar-refractivity contribution < 1.29 is 14.6 Å². The Morgan fingerprint density at radius 3 is 2.39 bits per heavy atom. The molecule has 7 heteroatoms. The molecule has 0 aliphatic carbocycles. The lowest BCUT2D eigenvalue weighted by atomic mass is 10.0. The first-order valence-corrected chi connectivity index (χ1v) is 11.0. The molecule has 0 bridgehead atoms. The molecule has 7 nitrogen and oxygen atoms in total. The largest absolute Gasteiger partial charge is 0.388 e. The summed E-state index contributed by atoms with van der Waals surface area (Å²) in [5.74, 6) is -0.364. The van der Waals surface area contributed by atoms with Crippen molar-refractivity contribution in [2.45, 2.75) is 38.5 Å². The van der Waals surface area contributed by atoms with Gasteiger partial charge in [-0.15, -0.1) is 0 Å². The number of aliphatic imine (C=N–C) groups is 1. The number of carbonyl (C=O) groups excluding carboxylic acids is 1. The molecule has 0 aromatic heterocycles. The average Bonchev–Trinajstić information content (AvgIpc) is 2.84. The Morgan fingerprint density at radius 2 is 1.79 bits per heavy atom. The van der Waals surface area contributed by atoms with Crippen molar-refractivity contribution in [3.63, 3.8) is 0 Å². The first-order valence-electron chi connectivity index (χ1n) is 11.0. The fourth-order valence-corrected chi connectivity index (χ4v) is 3.27. The second kappa shape index (κ2) is 13.9. The number of benzene rings is 2. The maximum absolute atomic E-state index is 12.8. The maximum atomic E-state index is 12.8. The lowest BCUT2D eigenvalue weighted by Gasteiger charge is -2.18. The molecule has 0 spiro atoms. The fourth-order valence-electron chi connectivity index (χ4n) is 3.27. The van der Waals surface area contributed by atoms with E-state index in [1.807, 2.05) is 37.3 Å². The van der Waals surface area contributed by atoms with Crippen LogP contribution in [0.15, 0.2) is 84.1 Å². The molecule has 33 heavy (non-hydrogen) atoms. The average molecular weight is 451 g/mol. The van der Waals surface area contributed by atoms with Gasteiger partial charge in [0.25, 0.3) is 5.91 Å². The minimum atomic E-state index is -0.815. The topological polar surface area (TPSA) is 109 Å². The van der Waals surface area contributed by atoms with Crippen molar-refractivity contribution in [2.75, 3.05) is 13.7 Å². The lowest BCUT2D eigenvalue weighted by Crippen LogP contribution is -2.34. The SMILES string of the molecule is C=CN/C=C(/C(=O)NCc1ccc(Cc2ccccc2)cc1)C(N)=NCC(O)C(CC)OC. The minimum Gasteiger partial charge on any atom is -0.388 e. The lowest BCUT2D eigenvalue weighted by molar-refractivity contribution is -0.117. The Labute approximate surface area is 196 Å². The molecule has 2 aromatic carbocycles. The van der Waals surface area contributed by atoms with E-state index in [4.69, 9.17) is 10.5 Å². The first kappa shape index (κ1) is 25.8. The molecule has 2 aromatic rings. The van der Waals surface area contributed by atoms with Gasteiger partial charge < -0.3 is 26.2 Å². The monoisotopic (exact) mass is 450 g/mol. The molecule has 0 saturated heterocycles. The van der Waals surface area contributed by atoms with Gasteiger partial charge in [0, 0.05) is 19.9 Å². The number of ether oxygens (including phenoxy) is 1. The molecule has 0 fully saturated rings. The normalized spacial score (nSPS) is 13.8. The maximum Gasteiger partial charge on any atom is 0.256 e. The van der Waals surface area contributed by atoms with Crippen molar-refractivity contribution in [1.29, 1.82) is 0 Å². The van der Waals surface area contributed by atoms with Gasteiger partial charge in [0.2, 0.25) is 0 Å². The number of carbonyl (C=O) groups is 1. The van der Waals surface area contributed by atoms with Gasteiger partial charge in [-0.25, -0.2) is 0 Å². The van der Waals surface area contributed by atoms with Gasteiger partial charge in [-0.3, -0.25) is 9.79 Å². The summed E-state index contributed by atoms with van der Waals surface area (Å²) < 4.78 is 5.22. The van der Waals surface area contributed by atoms with Crippen molar-refractivity contribution in [3.05, 3.63) is 95.8 Å². The van der Waals surface area contributed by atoms with Gasteiger partial charge in [0.05, 0.1) is 24.3 Å². The van der Waals surface area contributed by atoms with Crippen LogP contribution >= 0.6 is 0 Å². The summed E-state index contributed by atoms with van der Waals surface area (Å²) in [5.41, 5.74) is 9.62. The highest BCUT2D eigenvalue weighted by molar-refractivity contribution is 6.20. The number of nitrogens with one attached hydrogen (secondary N) is 2. The van der Waals surface area contributed by atoms with Gasteiger partial charge in [-0.2, -0.15) is 0 Å². The van der Waals surface area contributed by atoms with Crippen LogP contribution in [0.2, 0.25) is 0 Å². The molecule has 0 heterocycles. The highest BCUT2D eigenvalue weighted by atomic mass is 16.5. The van der Waals surface area contributed by atoms with Crippen LogP contribution in [0, 0.1) is 0 Å². The molecule has 2 atom stereocenters. The third kappa shape index (κ3) is 8.56. The van der Waals surface area contributed by atoms with Gasteiger partial charge >= 0.3 is 0 Å². The number of nitrogens with two attached hydrogens (primary N) is 1. The van der Waals surface area contributed by atoms with Crippen LogP contribution in [0.5, 0.6) is 0 Å². The highest BCUT2D eigenvalue weighted by Crippen LogP contribution is 2.11. The molecule has 176 valence electrons. The van der Waals surface area contributed by atoms with E-state index in [1.54, 1.807) is 0 Å². The highest BCUT2D eigenvalue weighted by Gasteiger charge is 2.18. The standard InChI is InChI=1S/C26H34N4O3/c1-4-24(33-3)23(31)18-29-25(27)22(17-28-5-2)26(32)30-16-21-13-11-20(12-14-21)15-19-9-7-6-8-10-19/h5-14,17,23-24,28,31H,2,4,15-16,18H2,1,3H3,(H2,27,29)(H,30,32)/b22-17+. The molecule has 2 unspecified atom stereocenters. The van der Waals surface area contributed by atoms with Gasteiger partial charge in [-0.05, 0) is 35.7 Å². The Bertz CT molecular complexity index is 936. The summed E-state index contributed by atoms with van der Waals surface area (Å²) in [5, 5.41) is 15.8. The molecule has 5 N–H and O–H groups in total. The van der Waals surface area contributed by atoms with Crippen molar-refractivity contribution in [3.8, 4) is 0 Å². The van der Waals surface area contributed by atoms with E-state index in [0.29, 0.717) is 13.0 Å².